The largest absolute Gasteiger partial charge is 0.465 e. The molecule has 0 bridgehead atoms. The van der Waals surface area contributed by atoms with Crippen molar-refractivity contribution < 1.29 is 27.9 Å². The molecule has 0 unspecified atom stereocenters. The van der Waals surface area contributed by atoms with Crippen LogP contribution in [0.1, 0.15) is 21.7 Å². The lowest BCUT2D eigenvalue weighted by Crippen LogP contribution is -2.27. The number of rotatable bonds is 5. The maximum absolute atomic E-state index is 13.3. The summed E-state index contributed by atoms with van der Waals surface area (Å²) in [6.45, 7) is -0.0778. The van der Waals surface area contributed by atoms with Crippen molar-refractivity contribution in [2.45, 2.75) is 6.54 Å². The molecule has 1 aliphatic heterocycles. The average molecular weight is 506 g/mol. The molecule has 168 valence electrons. The fourth-order valence-electron chi connectivity index (χ4n) is 3.12. The molecule has 10 heteroatoms. The molecule has 6 nitrogen and oxygen atoms in total. The number of hydrogen-bond acceptors (Lipinski definition) is 6. The molecule has 0 atom stereocenters. The maximum Gasteiger partial charge on any atom is 0.339 e. The summed E-state index contributed by atoms with van der Waals surface area (Å²) in [5.74, 6) is -0.831. The Hall–Kier alpha value is -3.07. The maximum atomic E-state index is 13.3. The van der Waals surface area contributed by atoms with Gasteiger partial charge in [-0.05, 0) is 59.8 Å². The van der Waals surface area contributed by atoms with Crippen molar-refractivity contribution in [2.75, 3.05) is 7.11 Å². The van der Waals surface area contributed by atoms with Gasteiger partial charge in [0.1, 0.15) is 17.3 Å². The predicted octanol–water partition coefficient (Wildman–Crippen LogP) is 6.42. The number of ether oxygens (including phenoxy) is 1. The second-order valence-corrected chi connectivity index (χ2v) is 8.70. The summed E-state index contributed by atoms with van der Waals surface area (Å²) in [5, 5.41) is -0.103. The van der Waals surface area contributed by atoms with E-state index in [1.54, 1.807) is 24.3 Å². The van der Waals surface area contributed by atoms with Crippen LogP contribution in [0.5, 0.6) is 0 Å². The van der Waals surface area contributed by atoms with Gasteiger partial charge in [0.05, 0.1) is 29.1 Å². The van der Waals surface area contributed by atoms with E-state index in [2.05, 4.69) is 0 Å². The number of hydrogen-bond donors (Lipinski definition) is 0. The average Bonchev–Trinajstić information content (AvgIpc) is 3.35. The topological polar surface area (TPSA) is 76.8 Å². The number of methoxy groups -OCH3 is 1. The molecule has 2 amide bonds. The van der Waals surface area contributed by atoms with Crippen molar-refractivity contribution in [3.05, 3.63) is 86.2 Å². The van der Waals surface area contributed by atoms with Gasteiger partial charge in [-0.3, -0.25) is 14.5 Å². The van der Waals surface area contributed by atoms with Crippen molar-refractivity contribution in [1.82, 2.24) is 4.90 Å². The highest BCUT2D eigenvalue weighted by Crippen LogP contribution is 2.35. The minimum atomic E-state index is -0.580. The zero-order valence-electron chi connectivity index (χ0n) is 16.9. The SMILES string of the molecule is COC(=O)c1cc(-c2ccc(/C=C3\SC(=O)N(Cc4ccc(F)cc4Cl)C3=O)o2)ccc1Cl. The molecule has 2 heterocycles. The van der Waals surface area contributed by atoms with E-state index in [0.717, 1.165) is 22.7 Å². The third-order valence-corrected chi connectivity index (χ3v) is 6.36. The molecule has 0 aliphatic carbocycles. The van der Waals surface area contributed by atoms with Crippen LogP contribution in [-0.4, -0.2) is 29.1 Å². The molecular weight excluding hydrogens is 492 g/mol. The molecule has 1 aliphatic rings. The van der Waals surface area contributed by atoms with Gasteiger partial charge < -0.3 is 9.15 Å². The zero-order valence-corrected chi connectivity index (χ0v) is 19.3. The van der Waals surface area contributed by atoms with Gasteiger partial charge in [-0.25, -0.2) is 9.18 Å². The molecular formula is C23H14Cl2FNO5S. The number of carbonyl (C=O) groups excluding carboxylic acids is 3. The Kier molecular flexibility index (Phi) is 6.60. The Morgan fingerprint density at radius 3 is 2.64 bits per heavy atom. The minimum absolute atomic E-state index is 0.0778. The van der Waals surface area contributed by atoms with Crippen LogP contribution in [0.4, 0.5) is 9.18 Å². The summed E-state index contributed by atoms with van der Waals surface area (Å²) < 4.78 is 23.8. The van der Waals surface area contributed by atoms with E-state index in [0.29, 0.717) is 22.6 Å². The Morgan fingerprint density at radius 2 is 1.91 bits per heavy atom. The second-order valence-electron chi connectivity index (χ2n) is 6.89. The molecule has 4 rings (SSSR count). The molecule has 3 aromatic rings. The Balaban J connectivity index is 1.55. The van der Waals surface area contributed by atoms with Crippen LogP contribution in [0.2, 0.25) is 10.0 Å². The fraction of sp³-hybridized carbons (Fsp3) is 0.0870. The third-order valence-electron chi connectivity index (χ3n) is 4.77. The van der Waals surface area contributed by atoms with E-state index in [9.17, 15) is 18.8 Å². The van der Waals surface area contributed by atoms with Crippen molar-refractivity contribution in [3.8, 4) is 11.3 Å². The predicted molar refractivity (Wildman–Crippen MR) is 123 cm³/mol. The molecule has 1 saturated heterocycles. The first kappa shape index (κ1) is 23.1. The first-order valence-corrected chi connectivity index (χ1v) is 11.0. The molecule has 2 aromatic carbocycles. The molecule has 0 radical (unpaired) electrons. The minimum Gasteiger partial charge on any atom is -0.465 e. The number of carbonyl (C=O) groups is 3. The van der Waals surface area contributed by atoms with Crippen molar-refractivity contribution in [3.63, 3.8) is 0 Å². The number of benzene rings is 2. The monoisotopic (exact) mass is 505 g/mol. The summed E-state index contributed by atoms with van der Waals surface area (Å²) in [5.41, 5.74) is 1.22. The first-order valence-electron chi connectivity index (χ1n) is 9.44. The van der Waals surface area contributed by atoms with Crippen LogP contribution >= 0.6 is 35.0 Å². The quantitative estimate of drug-likeness (QED) is 0.294. The highest BCUT2D eigenvalue weighted by molar-refractivity contribution is 8.18. The van der Waals surface area contributed by atoms with E-state index in [1.165, 1.54) is 31.4 Å². The molecule has 33 heavy (non-hydrogen) atoms. The number of furan rings is 1. The lowest BCUT2D eigenvalue weighted by atomic mass is 10.1. The summed E-state index contributed by atoms with van der Waals surface area (Å²) in [6.07, 6.45) is 1.46. The van der Waals surface area contributed by atoms with Gasteiger partial charge in [-0.15, -0.1) is 0 Å². The Labute approximate surface area is 201 Å². The van der Waals surface area contributed by atoms with E-state index < -0.39 is 22.9 Å². The summed E-state index contributed by atoms with van der Waals surface area (Å²) in [4.78, 5) is 38.2. The summed E-state index contributed by atoms with van der Waals surface area (Å²) >= 11 is 12.8. The third kappa shape index (κ3) is 4.83. The Bertz CT molecular complexity index is 1320. The Morgan fingerprint density at radius 1 is 1.12 bits per heavy atom. The van der Waals surface area contributed by atoms with Crippen LogP contribution in [-0.2, 0) is 16.1 Å². The molecule has 1 fully saturated rings. The van der Waals surface area contributed by atoms with Gasteiger partial charge in [-0.1, -0.05) is 29.3 Å². The standard InChI is InChI=1S/C23H14Cl2FNO5S/c1-31-22(29)16-8-12(3-6-17(16)24)19-7-5-15(32-19)10-20-21(28)27(23(30)33-20)11-13-2-4-14(26)9-18(13)25/h2-10H,11H2,1H3/b20-10-. The van der Waals surface area contributed by atoms with Gasteiger partial charge in [0.15, 0.2) is 0 Å². The number of halogens is 3. The number of nitrogens with zero attached hydrogens (tertiary/aromatic N) is 1. The van der Waals surface area contributed by atoms with Crippen molar-refractivity contribution in [2.24, 2.45) is 0 Å². The second kappa shape index (κ2) is 9.43. The lowest BCUT2D eigenvalue weighted by Gasteiger charge is -2.13. The highest BCUT2D eigenvalue weighted by Gasteiger charge is 2.35. The van der Waals surface area contributed by atoms with Crippen LogP contribution in [0.3, 0.4) is 0 Å². The normalized spacial score (nSPS) is 14.9. The lowest BCUT2D eigenvalue weighted by molar-refractivity contribution is -0.123. The van der Waals surface area contributed by atoms with Gasteiger partial charge in [0, 0.05) is 16.7 Å². The molecule has 1 aromatic heterocycles. The van der Waals surface area contributed by atoms with Gasteiger partial charge in [-0.2, -0.15) is 0 Å². The van der Waals surface area contributed by atoms with Crippen LogP contribution < -0.4 is 0 Å². The van der Waals surface area contributed by atoms with Gasteiger partial charge in [0.2, 0.25) is 0 Å². The first-order chi connectivity index (χ1) is 15.8. The van der Waals surface area contributed by atoms with Crippen LogP contribution in [0, 0.1) is 5.82 Å². The van der Waals surface area contributed by atoms with E-state index in [1.807, 2.05) is 0 Å². The smallest absolute Gasteiger partial charge is 0.339 e. The zero-order chi connectivity index (χ0) is 23.7. The molecule has 0 spiro atoms. The van der Waals surface area contributed by atoms with Gasteiger partial charge >= 0.3 is 5.97 Å². The summed E-state index contributed by atoms with van der Waals surface area (Å²) in [7, 11) is 1.26. The summed E-state index contributed by atoms with van der Waals surface area (Å²) in [6, 6.07) is 11.8. The fourth-order valence-corrected chi connectivity index (χ4v) is 4.36. The van der Waals surface area contributed by atoms with Gasteiger partial charge in [0.25, 0.3) is 11.1 Å². The van der Waals surface area contributed by atoms with Crippen LogP contribution in [0.15, 0.2) is 57.9 Å². The highest BCUT2D eigenvalue weighted by atomic mass is 35.5. The number of esters is 1. The number of thioether (sulfide) groups is 1. The van der Waals surface area contributed by atoms with Crippen molar-refractivity contribution >= 4 is 58.2 Å². The van der Waals surface area contributed by atoms with Crippen LogP contribution in [0.25, 0.3) is 17.4 Å². The van der Waals surface area contributed by atoms with E-state index in [-0.39, 0.29) is 27.1 Å². The van der Waals surface area contributed by atoms with Crippen molar-refractivity contribution in [1.29, 1.82) is 0 Å². The van der Waals surface area contributed by atoms with E-state index >= 15 is 0 Å². The van der Waals surface area contributed by atoms with E-state index in [4.69, 9.17) is 32.4 Å². The molecule has 0 saturated carbocycles. The number of imide groups is 1. The molecule has 0 N–H and O–H groups in total. The number of amides is 2.